The molecule has 94 valence electrons. The standard InChI is InChI=1S/C11H17N3O3/c1-6(2)4-8(11(16)17)14-10(15)9-5-12-7(3)13-9/h5-6,8H,4H2,1-3H3,(H,12,13)(H,14,15)(H,16,17)/t8-/m1/s1. The van der Waals surface area contributed by atoms with Gasteiger partial charge in [-0.25, -0.2) is 9.78 Å². The molecule has 1 heterocycles. The molecule has 0 aliphatic heterocycles. The Balaban J connectivity index is 2.67. The van der Waals surface area contributed by atoms with E-state index in [1.54, 1.807) is 6.92 Å². The monoisotopic (exact) mass is 239 g/mol. The van der Waals surface area contributed by atoms with Crippen LogP contribution in [0.2, 0.25) is 0 Å². The largest absolute Gasteiger partial charge is 0.480 e. The second kappa shape index (κ2) is 5.47. The summed E-state index contributed by atoms with van der Waals surface area (Å²) >= 11 is 0. The van der Waals surface area contributed by atoms with Gasteiger partial charge in [-0.1, -0.05) is 13.8 Å². The van der Waals surface area contributed by atoms with E-state index >= 15 is 0 Å². The zero-order valence-corrected chi connectivity index (χ0v) is 10.2. The Kier molecular flexibility index (Phi) is 4.25. The van der Waals surface area contributed by atoms with Gasteiger partial charge in [0.05, 0.1) is 6.20 Å². The van der Waals surface area contributed by atoms with Crippen molar-refractivity contribution in [1.82, 2.24) is 15.3 Å². The van der Waals surface area contributed by atoms with Gasteiger partial charge in [0.1, 0.15) is 17.6 Å². The van der Waals surface area contributed by atoms with Crippen molar-refractivity contribution in [2.75, 3.05) is 0 Å². The minimum atomic E-state index is -1.02. The van der Waals surface area contributed by atoms with E-state index < -0.39 is 17.9 Å². The molecular weight excluding hydrogens is 222 g/mol. The summed E-state index contributed by atoms with van der Waals surface area (Å²) in [6.07, 6.45) is 1.78. The van der Waals surface area contributed by atoms with E-state index in [1.807, 2.05) is 13.8 Å². The van der Waals surface area contributed by atoms with Crippen LogP contribution in [-0.4, -0.2) is 33.0 Å². The molecule has 0 saturated carbocycles. The average molecular weight is 239 g/mol. The van der Waals surface area contributed by atoms with Crippen molar-refractivity contribution in [2.24, 2.45) is 5.92 Å². The number of imidazole rings is 1. The molecule has 1 rings (SSSR count). The van der Waals surface area contributed by atoms with E-state index in [0.717, 1.165) is 0 Å². The normalized spacial score (nSPS) is 12.5. The van der Waals surface area contributed by atoms with Crippen molar-refractivity contribution in [3.8, 4) is 0 Å². The van der Waals surface area contributed by atoms with E-state index in [9.17, 15) is 9.59 Å². The van der Waals surface area contributed by atoms with E-state index in [0.29, 0.717) is 12.2 Å². The number of aromatic amines is 1. The first kappa shape index (κ1) is 13.2. The molecule has 0 aliphatic carbocycles. The Morgan fingerprint density at radius 2 is 2.18 bits per heavy atom. The molecule has 1 atom stereocenters. The first-order chi connectivity index (χ1) is 7.90. The number of hydrogen-bond acceptors (Lipinski definition) is 3. The van der Waals surface area contributed by atoms with Gasteiger partial charge >= 0.3 is 5.97 Å². The molecule has 6 heteroatoms. The van der Waals surface area contributed by atoms with Crippen molar-refractivity contribution in [1.29, 1.82) is 0 Å². The highest BCUT2D eigenvalue weighted by atomic mass is 16.4. The quantitative estimate of drug-likeness (QED) is 0.712. The molecule has 1 amide bonds. The summed E-state index contributed by atoms with van der Waals surface area (Å²) in [5.74, 6) is -0.660. The van der Waals surface area contributed by atoms with Crippen molar-refractivity contribution < 1.29 is 14.7 Å². The van der Waals surface area contributed by atoms with Crippen LogP contribution in [0.3, 0.4) is 0 Å². The Bertz CT molecular complexity index is 412. The van der Waals surface area contributed by atoms with Gasteiger partial charge in [0.2, 0.25) is 0 Å². The molecule has 0 radical (unpaired) electrons. The lowest BCUT2D eigenvalue weighted by atomic mass is 10.0. The number of aryl methyl sites for hydroxylation is 1. The van der Waals surface area contributed by atoms with Crippen LogP contribution in [-0.2, 0) is 4.79 Å². The molecular formula is C11H17N3O3. The van der Waals surface area contributed by atoms with Gasteiger partial charge in [-0.15, -0.1) is 0 Å². The van der Waals surface area contributed by atoms with Gasteiger partial charge in [-0.2, -0.15) is 0 Å². The summed E-state index contributed by atoms with van der Waals surface area (Å²) in [6, 6.07) is -0.869. The number of carbonyl (C=O) groups is 2. The van der Waals surface area contributed by atoms with Crippen LogP contribution < -0.4 is 5.32 Å². The van der Waals surface area contributed by atoms with Gasteiger partial charge in [-0.3, -0.25) is 4.79 Å². The van der Waals surface area contributed by atoms with Gasteiger partial charge < -0.3 is 15.4 Å². The fraction of sp³-hybridized carbons (Fsp3) is 0.545. The third-order valence-corrected chi connectivity index (χ3v) is 2.26. The summed E-state index contributed by atoms with van der Waals surface area (Å²) in [5.41, 5.74) is 0.275. The highest BCUT2D eigenvalue weighted by Crippen LogP contribution is 2.06. The zero-order chi connectivity index (χ0) is 13.0. The van der Waals surface area contributed by atoms with Crippen molar-refractivity contribution in [2.45, 2.75) is 33.2 Å². The SMILES string of the molecule is Cc1ncc(C(=O)N[C@H](CC(C)C)C(=O)O)[nH]1. The van der Waals surface area contributed by atoms with E-state index in [4.69, 9.17) is 5.11 Å². The van der Waals surface area contributed by atoms with Crippen LogP contribution in [0.1, 0.15) is 36.6 Å². The number of nitrogens with zero attached hydrogens (tertiary/aromatic N) is 1. The Hall–Kier alpha value is -1.85. The van der Waals surface area contributed by atoms with Crippen LogP contribution in [0.15, 0.2) is 6.20 Å². The zero-order valence-electron chi connectivity index (χ0n) is 10.2. The molecule has 0 saturated heterocycles. The molecule has 3 N–H and O–H groups in total. The fourth-order valence-corrected chi connectivity index (χ4v) is 1.47. The molecule has 6 nitrogen and oxygen atoms in total. The average Bonchev–Trinajstić information content (AvgIpc) is 2.63. The lowest BCUT2D eigenvalue weighted by molar-refractivity contribution is -0.139. The van der Waals surface area contributed by atoms with Crippen LogP contribution in [0.25, 0.3) is 0 Å². The minimum absolute atomic E-state index is 0.194. The second-order valence-electron chi connectivity index (χ2n) is 4.38. The number of aliphatic carboxylic acids is 1. The van der Waals surface area contributed by atoms with Crippen molar-refractivity contribution in [3.05, 3.63) is 17.7 Å². The number of carboxylic acids is 1. The van der Waals surface area contributed by atoms with Gasteiger partial charge in [-0.05, 0) is 19.3 Å². The smallest absolute Gasteiger partial charge is 0.326 e. The summed E-state index contributed by atoms with van der Waals surface area (Å²) in [5, 5.41) is 11.5. The number of carboxylic acid groups (broad SMARTS) is 1. The number of hydrogen-bond donors (Lipinski definition) is 3. The molecule has 0 unspecified atom stereocenters. The molecule has 1 aromatic heterocycles. The summed E-state index contributed by atoms with van der Waals surface area (Å²) in [6.45, 7) is 5.53. The summed E-state index contributed by atoms with van der Waals surface area (Å²) in [7, 11) is 0. The number of carbonyl (C=O) groups excluding carboxylic acids is 1. The van der Waals surface area contributed by atoms with Crippen LogP contribution >= 0.6 is 0 Å². The van der Waals surface area contributed by atoms with Gasteiger partial charge in [0.15, 0.2) is 0 Å². The van der Waals surface area contributed by atoms with Gasteiger partial charge in [0, 0.05) is 0 Å². The maximum Gasteiger partial charge on any atom is 0.326 e. The van der Waals surface area contributed by atoms with Crippen LogP contribution in [0.5, 0.6) is 0 Å². The molecule has 0 aliphatic rings. The molecule has 0 aromatic carbocycles. The maximum atomic E-state index is 11.7. The molecule has 17 heavy (non-hydrogen) atoms. The number of H-pyrrole nitrogens is 1. The Morgan fingerprint density at radius 1 is 1.53 bits per heavy atom. The molecule has 1 aromatic rings. The second-order valence-corrected chi connectivity index (χ2v) is 4.38. The number of aromatic nitrogens is 2. The van der Waals surface area contributed by atoms with Crippen molar-refractivity contribution >= 4 is 11.9 Å². The summed E-state index contributed by atoms with van der Waals surface area (Å²) < 4.78 is 0. The first-order valence-electron chi connectivity index (χ1n) is 5.45. The van der Waals surface area contributed by atoms with Crippen LogP contribution in [0.4, 0.5) is 0 Å². The lowest BCUT2D eigenvalue weighted by Crippen LogP contribution is -2.41. The Labute approximate surface area is 99.4 Å². The summed E-state index contributed by atoms with van der Waals surface area (Å²) in [4.78, 5) is 29.3. The third kappa shape index (κ3) is 3.90. The highest BCUT2D eigenvalue weighted by Gasteiger charge is 2.22. The fourth-order valence-electron chi connectivity index (χ4n) is 1.47. The van der Waals surface area contributed by atoms with Crippen molar-refractivity contribution in [3.63, 3.8) is 0 Å². The predicted molar refractivity (Wildman–Crippen MR) is 61.7 cm³/mol. The van der Waals surface area contributed by atoms with Gasteiger partial charge in [0.25, 0.3) is 5.91 Å². The van der Waals surface area contributed by atoms with E-state index in [1.165, 1.54) is 6.20 Å². The minimum Gasteiger partial charge on any atom is -0.480 e. The molecule has 0 spiro atoms. The third-order valence-electron chi connectivity index (χ3n) is 2.26. The number of amides is 1. The molecule has 0 fully saturated rings. The number of rotatable bonds is 5. The first-order valence-corrected chi connectivity index (χ1v) is 5.45. The predicted octanol–water partition coefficient (Wildman–Crippen LogP) is 0.947. The lowest BCUT2D eigenvalue weighted by Gasteiger charge is -2.15. The molecule has 0 bridgehead atoms. The topological polar surface area (TPSA) is 95.1 Å². The van der Waals surface area contributed by atoms with Crippen LogP contribution in [0, 0.1) is 12.8 Å². The van der Waals surface area contributed by atoms with E-state index in [2.05, 4.69) is 15.3 Å². The Morgan fingerprint density at radius 3 is 2.59 bits per heavy atom. The van der Waals surface area contributed by atoms with E-state index in [-0.39, 0.29) is 11.6 Å². The number of nitrogens with one attached hydrogen (secondary N) is 2. The highest BCUT2D eigenvalue weighted by molar-refractivity contribution is 5.94. The maximum absolute atomic E-state index is 11.7.